The predicted molar refractivity (Wildman–Crippen MR) is 111 cm³/mol. The third kappa shape index (κ3) is 4.55. The molecule has 1 aliphatic rings. The molecule has 0 aromatic heterocycles. The zero-order valence-corrected chi connectivity index (χ0v) is 17.1. The Balaban J connectivity index is 1.85. The topological polar surface area (TPSA) is 92.7 Å². The monoisotopic (exact) mass is 456 g/mol. The van der Waals surface area contributed by atoms with Gasteiger partial charge in [0.25, 0.3) is 11.1 Å². The van der Waals surface area contributed by atoms with Crippen LogP contribution in [0.15, 0.2) is 41.3 Å². The van der Waals surface area contributed by atoms with E-state index in [0.717, 1.165) is 27.7 Å². The standard InChI is InChI=1S/C19H16ClF3N4O2S/c1-26-17(28)16(30-18(26)29)7-10-2-5-15(14(24)6-10)27(25)9-11-3-4-12(20)8-13(11)19(21,22)23/h2-8H,9,24-25H2,1H3/b16-7-. The predicted octanol–water partition coefficient (Wildman–Crippen LogP) is 4.49. The molecule has 2 aromatic carbocycles. The number of anilines is 2. The minimum Gasteiger partial charge on any atom is -0.397 e. The molecule has 11 heteroatoms. The maximum Gasteiger partial charge on any atom is 0.416 e. The number of rotatable bonds is 4. The molecular formula is C19H16ClF3N4O2S. The average Bonchev–Trinajstić information content (AvgIpc) is 2.89. The number of hydrazine groups is 1. The van der Waals surface area contributed by atoms with Crippen molar-refractivity contribution in [1.82, 2.24) is 4.90 Å². The van der Waals surface area contributed by atoms with Gasteiger partial charge in [-0.25, -0.2) is 5.84 Å². The number of hydrogen-bond acceptors (Lipinski definition) is 6. The molecule has 0 aliphatic carbocycles. The Morgan fingerprint density at radius 1 is 1.20 bits per heavy atom. The first-order valence-corrected chi connectivity index (χ1v) is 9.65. The van der Waals surface area contributed by atoms with Crippen molar-refractivity contribution in [3.05, 3.63) is 63.0 Å². The SMILES string of the molecule is CN1C(=O)S/C(=C\c2ccc(N(N)Cc3ccc(Cl)cc3C(F)(F)F)c(N)c2)C1=O. The summed E-state index contributed by atoms with van der Waals surface area (Å²) in [5, 5.41) is 0.680. The van der Waals surface area contributed by atoms with Crippen LogP contribution in [0.4, 0.5) is 29.3 Å². The van der Waals surface area contributed by atoms with E-state index >= 15 is 0 Å². The first-order chi connectivity index (χ1) is 14.0. The molecule has 1 fully saturated rings. The van der Waals surface area contributed by atoms with E-state index in [0.29, 0.717) is 11.3 Å². The first-order valence-electron chi connectivity index (χ1n) is 8.46. The van der Waals surface area contributed by atoms with Crippen molar-refractivity contribution in [3.8, 4) is 0 Å². The molecule has 0 spiro atoms. The maximum absolute atomic E-state index is 13.3. The van der Waals surface area contributed by atoms with Gasteiger partial charge >= 0.3 is 6.18 Å². The van der Waals surface area contributed by atoms with Crippen LogP contribution in [0.2, 0.25) is 5.02 Å². The Kier molecular flexibility index (Phi) is 6.02. The minimum absolute atomic E-state index is 0.0324. The number of amides is 2. The van der Waals surface area contributed by atoms with Crippen molar-refractivity contribution in [3.63, 3.8) is 0 Å². The summed E-state index contributed by atoms with van der Waals surface area (Å²) in [7, 11) is 1.38. The van der Waals surface area contributed by atoms with E-state index in [1.165, 1.54) is 37.4 Å². The highest BCUT2D eigenvalue weighted by atomic mass is 35.5. The number of carbonyl (C=O) groups excluding carboxylic acids is 2. The molecule has 0 unspecified atom stereocenters. The smallest absolute Gasteiger partial charge is 0.397 e. The quantitative estimate of drug-likeness (QED) is 0.305. The van der Waals surface area contributed by atoms with E-state index in [-0.39, 0.29) is 33.0 Å². The number of nitrogens with zero attached hydrogens (tertiary/aromatic N) is 2. The van der Waals surface area contributed by atoms with E-state index < -0.39 is 17.6 Å². The van der Waals surface area contributed by atoms with Crippen LogP contribution in [-0.2, 0) is 17.5 Å². The summed E-state index contributed by atoms with van der Waals surface area (Å²) in [5.41, 5.74) is 6.14. The second-order valence-electron chi connectivity index (χ2n) is 6.49. The summed E-state index contributed by atoms with van der Waals surface area (Å²) >= 11 is 6.50. The Morgan fingerprint density at radius 3 is 2.47 bits per heavy atom. The molecule has 1 heterocycles. The largest absolute Gasteiger partial charge is 0.416 e. The summed E-state index contributed by atoms with van der Waals surface area (Å²) in [6.45, 7) is -0.260. The lowest BCUT2D eigenvalue weighted by Gasteiger charge is -2.23. The highest BCUT2D eigenvalue weighted by Crippen LogP contribution is 2.36. The van der Waals surface area contributed by atoms with Crippen LogP contribution in [0.3, 0.4) is 0 Å². The zero-order valence-electron chi connectivity index (χ0n) is 15.5. The van der Waals surface area contributed by atoms with Crippen molar-refractivity contribution in [2.24, 2.45) is 5.84 Å². The number of nitrogens with two attached hydrogens (primary N) is 2. The van der Waals surface area contributed by atoms with Gasteiger partial charge in [0.1, 0.15) is 0 Å². The van der Waals surface area contributed by atoms with Gasteiger partial charge in [-0.1, -0.05) is 23.7 Å². The third-order valence-corrected chi connectivity index (χ3v) is 5.56. The summed E-state index contributed by atoms with van der Waals surface area (Å²) in [4.78, 5) is 24.8. The molecule has 0 bridgehead atoms. The van der Waals surface area contributed by atoms with E-state index in [9.17, 15) is 22.8 Å². The summed E-state index contributed by atoms with van der Waals surface area (Å²) < 4.78 is 39.9. The highest BCUT2D eigenvalue weighted by Gasteiger charge is 2.34. The number of benzene rings is 2. The molecule has 2 amide bonds. The van der Waals surface area contributed by atoms with Gasteiger partial charge in [-0.05, 0) is 53.2 Å². The fourth-order valence-electron chi connectivity index (χ4n) is 2.84. The molecule has 1 saturated heterocycles. The van der Waals surface area contributed by atoms with Crippen LogP contribution < -0.4 is 16.6 Å². The van der Waals surface area contributed by atoms with Gasteiger partial charge in [-0.15, -0.1) is 0 Å². The zero-order chi connectivity index (χ0) is 22.2. The van der Waals surface area contributed by atoms with Crippen LogP contribution in [-0.4, -0.2) is 23.1 Å². The molecule has 30 heavy (non-hydrogen) atoms. The fourth-order valence-corrected chi connectivity index (χ4v) is 3.84. The molecule has 1 aliphatic heterocycles. The Bertz CT molecular complexity index is 1060. The highest BCUT2D eigenvalue weighted by molar-refractivity contribution is 8.18. The van der Waals surface area contributed by atoms with E-state index in [1.54, 1.807) is 6.07 Å². The number of likely N-dealkylation sites (N-methyl/N-ethyl adjacent to an activating group) is 1. The van der Waals surface area contributed by atoms with Gasteiger partial charge < -0.3 is 10.7 Å². The Hall–Kier alpha value is -2.69. The van der Waals surface area contributed by atoms with Crippen molar-refractivity contribution in [2.45, 2.75) is 12.7 Å². The van der Waals surface area contributed by atoms with Crippen LogP contribution >= 0.6 is 23.4 Å². The summed E-state index contributed by atoms with van der Waals surface area (Å²) in [5.74, 6) is 5.56. The normalized spacial score (nSPS) is 15.9. The summed E-state index contributed by atoms with van der Waals surface area (Å²) in [6.07, 6.45) is -3.07. The number of halogens is 4. The van der Waals surface area contributed by atoms with Crippen LogP contribution in [0, 0.1) is 0 Å². The molecular weight excluding hydrogens is 441 g/mol. The number of nitrogen functional groups attached to an aromatic ring is 1. The number of hydrogen-bond donors (Lipinski definition) is 2. The molecule has 0 saturated carbocycles. The van der Waals surface area contributed by atoms with Gasteiger partial charge in [0.05, 0.1) is 28.4 Å². The lowest BCUT2D eigenvalue weighted by atomic mass is 10.1. The third-order valence-electron chi connectivity index (χ3n) is 4.36. The molecule has 3 rings (SSSR count). The van der Waals surface area contributed by atoms with Gasteiger partial charge in [0.15, 0.2) is 0 Å². The second-order valence-corrected chi connectivity index (χ2v) is 7.92. The van der Waals surface area contributed by atoms with Crippen molar-refractivity contribution in [1.29, 1.82) is 0 Å². The molecule has 4 N–H and O–H groups in total. The van der Waals surface area contributed by atoms with Crippen molar-refractivity contribution >= 4 is 52.0 Å². The fraction of sp³-hybridized carbons (Fsp3) is 0.158. The Morgan fingerprint density at radius 2 is 1.90 bits per heavy atom. The van der Waals surface area contributed by atoms with Crippen LogP contribution in [0.5, 0.6) is 0 Å². The number of alkyl halides is 3. The average molecular weight is 457 g/mol. The molecule has 2 aromatic rings. The van der Waals surface area contributed by atoms with Gasteiger partial charge in [0.2, 0.25) is 0 Å². The first kappa shape index (κ1) is 22.0. The van der Waals surface area contributed by atoms with Gasteiger partial charge in [-0.2, -0.15) is 13.2 Å². The lowest BCUT2D eigenvalue weighted by Crippen LogP contribution is -2.31. The number of imide groups is 1. The molecule has 158 valence electrons. The van der Waals surface area contributed by atoms with E-state index in [4.69, 9.17) is 23.2 Å². The van der Waals surface area contributed by atoms with E-state index in [1.807, 2.05) is 0 Å². The lowest BCUT2D eigenvalue weighted by molar-refractivity contribution is -0.138. The molecule has 6 nitrogen and oxygen atoms in total. The van der Waals surface area contributed by atoms with Crippen molar-refractivity contribution in [2.75, 3.05) is 17.8 Å². The van der Waals surface area contributed by atoms with Crippen molar-refractivity contribution < 1.29 is 22.8 Å². The number of thioether (sulfide) groups is 1. The number of carbonyl (C=O) groups is 2. The molecule has 0 atom stereocenters. The second kappa shape index (κ2) is 8.21. The minimum atomic E-state index is -4.58. The van der Waals surface area contributed by atoms with Gasteiger partial charge in [-0.3, -0.25) is 14.5 Å². The van der Waals surface area contributed by atoms with E-state index in [2.05, 4.69) is 0 Å². The van der Waals surface area contributed by atoms with Gasteiger partial charge in [0, 0.05) is 12.1 Å². The molecule has 0 radical (unpaired) electrons. The summed E-state index contributed by atoms with van der Waals surface area (Å²) in [6, 6.07) is 8.11. The maximum atomic E-state index is 13.3. The Labute approximate surface area is 179 Å². The van der Waals surface area contributed by atoms with Crippen LogP contribution in [0.25, 0.3) is 6.08 Å². The van der Waals surface area contributed by atoms with Crippen LogP contribution in [0.1, 0.15) is 16.7 Å².